The van der Waals surface area contributed by atoms with E-state index in [0.717, 1.165) is 22.2 Å². The zero-order chi connectivity index (χ0) is 14.5. The van der Waals surface area contributed by atoms with Crippen molar-refractivity contribution < 1.29 is 4.74 Å². The Morgan fingerprint density at radius 3 is 2.50 bits per heavy atom. The van der Waals surface area contributed by atoms with Gasteiger partial charge in [0, 0.05) is 10.5 Å². The van der Waals surface area contributed by atoms with Gasteiger partial charge in [-0.15, -0.1) is 0 Å². The van der Waals surface area contributed by atoms with Crippen LogP contribution in [0.1, 0.15) is 23.6 Å². The van der Waals surface area contributed by atoms with Gasteiger partial charge in [-0.1, -0.05) is 45.8 Å². The summed E-state index contributed by atoms with van der Waals surface area (Å²) in [5.41, 5.74) is 9.47. The number of aryl methyl sites for hydroxylation is 1. The van der Waals surface area contributed by atoms with E-state index < -0.39 is 0 Å². The number of hydrogen-bond donors (Lipinski definition) is 1. The first-order valence-electron chi connectivity index (χ1n) is 6.77. The van der Waals surface area contributed by atoms with Gasteiger partial charge in [0.2, 0.25) is 0 Å². The molecule has 0 aliphatic carbocycles. The normalized spacial score (nSPS) is 12.2. The fourth-order valence-corrected chi connectivity index (χ4v) is 2.45. The summed E-state index contributed by atoms with van der Waals surface area (Å²) in [7, 11) is 0. The molecular formula is C17H20BrNO. The summed E-state index contributed by atoms with van der Waals surface area (Å²) in [5, 5.41) is 0. The average molecular weight is 334 g/mol. The summed E-state index contributed by atoms with van der Waals surface area (Å²) in [5.74, 6) is 0.908. The van der Waals surface area contributed by atoms with Crippen LogP contribution in [0.4, 0.5) is 0 Å². The van der Waals surface area contributed by atoms with Crippen molar-refractivity contribution in [3.05, 3.63) is 63.6 Å². The van der Waals surface area contributed by atoms with E-state index in [9.17, 15) is 0 Å². The Morgan fingerprint density at radius 2 is 1.85 bits per heavy atom. The molecule has 0 saturated heterocycles. The van der Waals surface area contributed by atoms with Crippen molar-refractivity contribution in [3.63, 3.8) is 0 Å². The Hall–Kier alpha value is -1.32. The Labute approximate surface area is 129 Å². The quantitative estimate of drug-likeness (QED) is 0.888. The van der Waals surface area contributed by atoms with Gasteiger partial charge in [-0.05, 0) is 49.6 Å². The zero-order valence-corrected chi connectivity index (χ0v) is 13.5. The van der Waals surface area contributed by atoms with E-state index in [-0.39, 0.29) is 6.04 Å². The van der Waals surface area contributed by atoms with Gasteiger partial charge in [0.25, 0.3) is 0 Å². The molecule has 0 radical (unpaired) electrons. The van der Waals surface area contributed by atoms with E-state index in [1.165, 1.54) is 11.1 Å². The number of hydrogen-bond acceptors (Lipinski definition) is 2. The molecule has 0 heterocycles. The second kappa shape index (κ2) is 6.91. The average Bonchev–Trinajstić information content (AvgIpc) is 2.39. The van der Waals surface area contributed by atoms with Gasteiger partial charge < -0.3 is 10.5 Å². The third kappa shape index (κ3) is 4.36. The highest BCUT2D eigenvalue weighted by molar-refractivity contribution is 9.10. The summed E-state index contributed by atoms with van der Waals surface area (Å²) < 4.78 is 6.99. The van der Waals surface area contributed by atoms with Crippen LogP contribution < -0.4 is 10.5 Å². The molecular weight excluding hydrogens is 314 g/mol. The molecule has 3 heteroatoms. The molecule has 1 unspecified atom stereocenters. The number of ether oxygens (including phenoxy) is 1. The molecule has 2 rings (SSSR count). The third-order valence-corrected chi connectivity index (χ3v) is 3.57. The van der Waals surface area contributed by atoms with Crippen molar-refractivity contribution in [2.45, 2.75) is 32.9 Å². The van der Waals surface area contributed by atoms with Gasteiger partial charge in [0.15, 0.2) is 0 Å². The van der Waals surface area contributed by atoms with Crippen LogP contribution in [0.15, 0.2) is 46.9 Å². The van der Waals surface area contributed by atoms with E-state index in [1.807, 2.05) is 19.1 Å². The molecule has 0 amide bonds. The van der Waals surface area contributed by atoms with Gasteiger partial charge in [0.1, 0.15) is 12.4 Å². The maximum atomic E-state index is 5.94. The highest BCUT2D eigenvalue weighted by atomic mass is 79.9. The minimum Gasteiger partial charge on any atom is -0.489 e. The Morgan fingerprint density at radius 1 is 1.15 bits per heavy atom. The predicted molar refractivity (Wildman–Crippen MR) is 87.0 cm³/mol. The maximum Gasteiger partial charge on any atom is 0.123 e. The van der Waals surface area contributed by atoms with Crippen molar-refractivity contribution in [3.8, 4) is 5.75 Å². The van der Waals surface area contributed by atoms with Crippen molar-refractivity contribution >= 4 is 15.9 Å². The highest BCUT2D eigenvalue weighted by Crippen LogP contribution is 2.25. The molecule has 106 valence electrons. The summed E-state index contributed by atoms with van der Waals surface area (Å²) in [4.78, 5) is 0. The number of halogens is 1. The smallest absolute Gasteiger partial charge is 0.123 e. The minimum atomic E-state index is 0.117. The van der Waals surface area contributed by atoms with Gasteiger partial charge in [0.05, 0.1) is 0 Å². The SMILES string of the molecule is Cc1ccc(COc2ccc(Br)cc2CC(C)N)cc1. The van der Waals surface area contributed by atoms with Crippen molar-refractivity contribution in [2.24, 2.45) is 5.73 Å². The van der Waals surface area contributed by atoms with Crippen LogP contribution in [-0.4, -0.2) is 6.04 Å². The molecule has 2 aromatic carbocycles. The lowest BCUT2D eigenvalue weighted by Crippen LogP contribution is -2.18. The molecule has 0 aliphatic heterocycles. The van der Waals surface area contributed by atoms with E-state index in [0.29, 0.717) is 6.61 Å². The first-order valence-corrected chi connectivity index (χ1v) is 7.56. The van der Waals surface area contributed by atoms with Gasteiger partial charge >= 0.3 is 0 Å². The van der Waals surface area contributed by atoms with Crippen LogP contribution in [-0.2, 0) is 13.0 Å². The molecule has 2 nitrogen and oxygen atoms in total. The van der Waals surface area contributed by atoms with E-state index in [2.05, 4.69) is 53.2 Å². The van der Waals surface area contributed by atoms with Gasteiger partial charge in [-0.3, -0.25) is 0 Å². The van der Waals surface area contributed by atoms with Crippen LogP contribution in [0.5, 0.6) is 5.75 Å². The van der Waals surface area contributed by atoms with Crippen LogP contribution in [0.3, 0.4) is 0 Å². The largest absolute Gasteiger partial charge is 0.489 e. The van der Waals surface area contributed by atoms with E-state index in [1.54, 1.807) is 0 Å². The van der Waals surface area contributed by atoms with Crippen LogP contribution >= 0.6 is 15.9 Å². The molecule has 0 aromatic heterocycles. The van der Waals surface area contributed by atoms with E-state index >= 15 is 0 Å². The van der Waals surface area contributed by atoms with Crippen molar-refractivity contribution in [1.82, 2.24) is 0 Å². The Balaban J connectivity index is 2.10. The Bertz CT molecular complexity index is 564. The molecule has 1 atom stereocenters. The highest BCUT2D eigenvalue weighted by Gasteiger charge is 2.07. The summed E-state index contributed by atoms with van der Waals surface area (Å²) >= 11 is 3.49. The fraction of sp³-hybridized carbons (Fsp3) is 0.294. The summed E-state index contributed by atoms with van der Waals surface area (Å²) in [6.45, 7) is 4.67. The number of rotatable bonds is 5. The van der Waals surface area contributed by atoms with Crippen molar-refractivity contribution in [2.75, 3.05) is 0 Å². The minimum absolute atomic E-state index is 0.117. The second-order valence-electron chi connectivity index (χ2n) is 5.21. The number of benzene rings is 2. The molecule has 2 N–H and O–H groups in total. The molecule has 20 heavy (non-hydrogen) atoms. The molecule has 0 saturated carbocycles. The summed E-state index contributed by atoms with van der Waals surface area (Å²) in [6, 6.07) is 14.6. The zero-order valence-electron chi connectivity index (χ0n) is 11.9. The monoisotopic (exact) mass is 333 g/mol. The Kier molecular flexibility index (Phi) is 5.21. The first-order chi connectivity index (χ1) is 9.54. The maximum absolute atomic E-state index is 5.94. The van der Waals surface area contributed by atoms with Crippen LogP contribution in [0, 0.1) is 6.92 Å². The topological polar surface area (TPSA) is 35.2 Å². The van der Waals surface area contributed by atoms with Gasteiger partial charge in [-0.25, -0.2) is 0 Å². The molecule has 0 bridgehead atoms. The fourth-order valence-electron chi connectivity index (χ4n) is 2.04. The number of nitrogens with two attached hydrogens (primary N) is 1. The van der Waals surface area contributed by atoms with Crippen LogP contribution in [0.2, 0.25) is 0 Å². The lowest BCUT2D eigenvalue weighted by atomic mass is 10.1. The van der Waals surface area contributed by atoms with Crippen LogP contribution in [0.25, 0.3) is 0 Å². The molecule has 0 aliphatic rings. The third-order valence-electron chi connectivity index (χ3n) is 3.08. The van der Waals surface area contributed by atoms with E-state index in [4.69, 9.17) is 10.5 Å². The lowest BCUT2D eigenvalue weighted by Gasteiger charge is -2.14. The van der Waals surface area contributed by atoms with Crippen molar-refractivity contribution in [1.29, 1.82) is 0 Å². The molecule has 2 aromatic rings. The standard InChI is InChI=1S/C17H20BrNO/c1-12-3-5-14(6-4-12)11-20-17-8-7-16(18)10-15(17)9-13(2)19/h3-8,10,13H,9,11,19H2,1-2H3. The molecule has 0 fully saturated rings. The van der Waals surface area contributed by atoms with Gasteiger partial charge in [-0.2, -0.15) is 0 Å². The summed E-state index contributed by atoms with van der Waals surface area (Å²) in [6.07, 6.45) is 0.808. The first kappa shape index (κ1) is 15.1. The predicted octanol–water partition coefficient (Wildman–Crippen LogP) is 4.23. The lowest BCUT2D eigenvalue weighted by molar-refractivity contribution is 0.302. The molecule has 0 spiro atoms. The second-order valence-corrected chi connectivity index (χ2v) is 6.12.